The van der Waals surface area contributed by atoms with Crippen LogP contribution in [0.1, 0.15) is 169 Å². The zero-order valence-electron chi connectivity index (χ0n) is 24.8. The normalized spacial score (nSPS) is 14.4. The van der Waals surface area contributed by atoms with Crippen molar-refractivity contribution in [3.8, 4) is 0 Å². The van der Waals surface area contributed by atoms with Gasteiger partial charge in [0.05, 0.1) is 6.61 Å². The summed E-state index contributed by atoms with van der Waals surface area (Å²) in [6.45, 7) is 11.1. The quantitative estimate of drug-likeness (QED) is 0.0588. The van der Waals surface area contributed by atoms with Crippen molar-refractivity contribution in [3.63, 3.8) is 0 Å². The molecule has 2 atom stereocenters. The van der Waals surface area contributed by atoms with Crippen LogP contribution in [-0.4, -0.2) is 35.7 Å². The van der Waals surface area contributed by atoms with Gasteiger partial charge in [0.2, 0.25) is 0 Å². The molecular weight excluding hydrogens is 469 g/mol. The number of hydrogen-bond donors (Lipinski definition) is 1. The van der Waals surface area contributed by atoms with Crippen LogP contribution in [0.3, 0.4) is 0 Å². The molecule has 0 bridgehead atoms. The molecule has 0 aliphatic heterocycles. The Kier molecular flexibility index (Phi) is 26.7. The second-order valence-corrected chi connectivity index (χ2v) is 12.1. The molecule has 0 saturated heterocycles. The molecule has 0 spiro atoms. The molecule has 0 aliphatic rings. The number of nitrogens with zero attached hydrogens (tertiary/aromatic N) is 1. The van der Waals surface area contributed by atoms with E-state index in [1.165, 1.54) is 96.3 Å². The Morgan fingerprint density at radius 3 is 1.42 bits per heavy atom. The van der Waals surface area contributed by atoms with Crippen LogP contribution in [-0.2, 0) is 13.6 Å². The second-order valence-electron chi connectivity index (χ2n) is 10.7. The molecule has 0 fully saturated rings. The summed E-state index contributed by atoms with van der Waals surface area (Å²) < 4.78 is 24.1. The predicted octanol–water partition coefficient (Wildman–Crippen LogP) is 10.4. The van der Waals surface area contributed by atoms with Crippen LogP contribution in [0.25, 0.3) is 0 Å². The van der Waals surface area contributed by atoms with E-state index in [2.05, 4.69) is 32.6 Å². The average molecular weight is 534 g/mol. The first-order chi connectivity index (χ1) is 17.5. The van der Waals surface area contributed by atoms with E-state index in [0.29, 0.717) is 6.61 Å². The third-order valence-electron chi connectivity index (χ3n) is 7.07. The Bertz CT molecular complexity index is 476. The predicted molar refractivity (Wildman–Crippen MR) is 156 cm³/mol. The van der Waals surface area contributed by atoms with E-state index in [1.54, 1.807) is 0 Å². The third-order valence-corrected chi connectivity index (χ3v) is 8.09. The van der Waals surface area contributed by atoms with Gasteiger partial charge in [-0.25, -0.2) is 4.57 Å². The maximum Gasteiger partial charge on any atom is 0.473 e. The number of rotatable bonds is 29. The molecule has 5 nitrogen and oxygen atoms in total. The molecule has 0 aromatic rings. The summed E-state index contributed by atoms with van der Waals surface area (Å²) in [5.41, 5.74) is 0. The number of hydrogen-bond acceptors (Lipinski definition) is 4. The molecule has 0 radical (unpaired) electrons. The van der Waals surface area contributed by atoms with Crippen molar-refractivity contribution in [1.29, 1.82) is 0 Å². The Morgan fingerprint density at radius 2 is 0.972 bits per heavy atom. The molecule has 6 heteroatoms. The number of unbranched alkanes of at least 4 members (excludes halogenated alkanes) is 17. The zero-order valence-corrected chi connectivity index (χ0v) is 25.7. The molecule has 0 amide bonds. The minimum absolute atomic E-state index is 0.302. The summed E-state index contributed by atoms with van der Waals surface area (Å²) in [6, 6.07) is 0. The highest BCUT2D eigenvalue weighted by molar-refractivity contribution is 7.47. The summed E-state index contributed by atoms with van der Waals surface area (Å²) >= 11 is 0. The summed E-state index contributed by atoms with van der Waals surface area (Å²) in [5, 5.41) is 0. The van der Waals surface area contributed by atoms with Crippen molar-refractivity contribution in [2.45, 2.75) is 175 Å². The lowest BCUT2D eigenvalue weighted by Gasteiger charge is -2.32. The van der Waals surface area contributed by atoms with E-state index in [1.807, 2.05) is 0 Å². The van der Waals surface area contributed by atoms with Gasteiger partial charge >= 0.3 is 7.82 Å². The van der Waals surface area contributed by atoms with Gasteiger partial charge in [-0.05, 0) is 32.1 Å². The smallest absolute Gasteiger partial charge is 0.302 e. The molecule has 0 aromatic carbocycles. The van der Waals surface area contributed by atoms with E-state index in [9.17, 15) is 9.46 Å². The molecule has 1 N–H and O–H groups in total. The highest BCUT2D eigenvalue weighted by Crippen LogP contribution is 2.46. The topological polar surface area (TPSA) is 59.0 Å². The standard InChI is InChI=1S/C30H64NO4P/c1-5-9-13-16-19-22-25-29-34-36(32,33)35-30(26-12-8-4)31(27-23-20-17-14-10-6-2)28-24-21-18-15-11-7-3/h30H,5-29H2,1-4H3,(H,32,33). The first-order valence-electron chi connectivity index (χ1n) is 15.9. The average Bonchev–Trinajstić information content (AvgIpc) is 2.86. The highest BCUT2D eigenvalue weighted by Gasteiger charge is 2.29. The maximum atomic E-state index is 12.8. The third kappa shape index (κ3) is 23.2. The summed E-state index contributed by atoms with van der Waals surface area (Å²) in [6.07, 6.45) is 25.6. The SMILES string of the molecule is CCCCCCCCCOP(=O)(O)OC(CCCC)N(CCCCCCCC)CCCCCCCC. The molecule has 0 rings (SSSR count). The fourth-order valence-corrected chi connectivity index (χ4v) is 5.66. The summed E-state index contributed by atoms with van der Waals surface area (Å²) in [4.78, 5) is 12.9. The van der Waals surface area contributed by atoms with E-state index in [-0.39, 0.29) is 6.23 Å². The van der Waals surface area contributed by atoms with Gasteiger partial charge in [-0.1, -0.05) is 137 Å². The second kappa shape index (κ2) is 26.7. The van der Waals surface area contributed by atoms with Crippen LogP contribution in [0.15, 0.2) is 0 Å². The Morgan fingerprint density at radius 1 is 0.583 bits per heavy atom. The maximum absolute atomic E-state index is 12.8. The van der Waals surface area contributed by atoms with E-state index in [4.69, 9.17) is 9.05 Å². The van der Waals surface area contributed by atoms with E-state index in [0.717, 1.165) is 58.0 Å². The van der Waals surface area contributed by atoms with Gasteiger partial charge < -0.3 is 4.89 Å². The molecule has 218 valence electrons. The summed E-state index contributed by atoms with van der Waals surface area (Å²) in [5.74, 6) is 0. The zero-order chi connectivity index (χ0) is 26.7. The van der Waals surface area contributed by atoms with Gasteiger partial charge in [-0.15, -0.1) is 0 Å². The summed E-state index contributed by atoms with van der Waals surface area (Å²) in [7, 11) is -4.06. The Hall–Kier alpha value is 0.0700. The van der Waals surface area contributed by atoms with E-state index >= 15 is 0 Å². The molecule has 0 aromatic heterocycles. The fraction of sp³-hybridized carbons (Fsp3) is 1.00. The minimum atomic E-state index is -4.06. The van der Waals surface area contributed by atoms with Gasteiger partial charge in [-0.3, -0.25) is 13.9 Å². The van der Waals surface area contributed by atoms with Gasteiger partial charge in [0.1, 0.15) is 6.23 Å². The van der Waals surface area contributed by atoms with E-state index < -0.39 is 7.82 Å². The van der Waals surface area contributed by atoms with Gasteiger partial charge in [-0.2, -0.15) is 0 Å². The van der Waals surface area contributed by atoms with Crippen LogP contribution in [0.2, 0.25) is 0 Å². The Balaban J connectivity index is 4.76. The van der Waals surface area contributed by atoms with Crippen LogP contribution in [0.4, 0.5) is 0 Å². The molecule has 0 aliphatic carbocycles. The van der Waals surface area contributed by atoms with Crippen LogP contribution >= 0.6 is 7.82 Å². The fourth-order valence-electron chi connectivity index (χ4n) is 4.69. The van der Waals surface area contributed by atoms with Crippen LogP contribution in [0.5, 0.6) is 0 Å². The largest absolute Gasteiger partial charge is 0.473 e. The van der Waals surface area contributed by atoms with Crippen molar-refractivity contribution in [2.75, 3.05) is 19.7 Å². The number of phosphoric ester groups is 1. The number of phosphoric acid groups is 1. The van der Waals surface area contributed by atoms with Crippen molar-refractivity contribution in [1.82, 2.24) is 4.90 Å². The van der Waals surface area contributed by atoms with Crippen LogP contribution < -0.4 is 0 Å². The lowest BCUT2D eigenvalue weighted by molar-refractivity contribution is -0.0133. The lowest BCUT2D eigenvalue weighted by atomic mass is 10.1. The van der Waals surface area contributed by atoms with Gasteiger partial charge in [0, 0.05) is 13.1 Å². The molecule has 2 unspecified atom stereocenters. The highest BCUT2D eigenvalue weighted by atomic mass is 31.2. The van der Waals surface area contributed by atoms with Crippen molar-refractivity contribution < 1.29 is 18.5 Å². The monoisotopic (exact) mass is 533 g/mol. The first kappa shape index (κ1) is 36.1. The van der Waals surface area contributed by atoms with Crippen molar-refractivity contribution in [2.24, 2.45) is 0 Å². The molecule has 0 heterocycles. The minimum Gasteiger partial charge on any atom is -0.302 e. The Labute approximate surface area is 226 Å². The molecule has 0 saturated carbocycles. The van der Waals surface area contributed by atoms with Crippen LogP contribution in [0, 0.1) is 0 Å². The lowest BCUT2D eigenvalue weighted by Crippen LogP contribution is -2.38. The van der Waals surface area contributed by atoms with Gasteiger partial charge in [0.15, 0.2) is 0 Å². The van der Waals surface area contributed by atoms with Crippen molar-refractivity contribution in [3.05, 3.63) is 0 Å². The van der Waals surface area contributed by atoms with Gasteiger partial charge in [0.25, 0.3) is 0 Å². The first-order valence-corrected chi connectivity index (χ1v) is 17.4. The molecule has 36 heavy (non-hydrogen) atoms. The van der Waals surface area contributed by atoms with Crippen molar-refractivity contribution >= 4 is 7.82 Å². The molecular formula is C30H64NO4P.